The van der Waals surface area contributed by atoms with E-state index in [0.717, 1.165) is 17.8 Å². The minimum atomic E-state index is 0.341. The van der Waals surface area contributed by atoms with E-state index in [1.165, 1.54) is 10.4 Å². The van der Waals surface area contributed by atoms with E-state index in [1.54, 1.807) is 17.4 Å². The number of phenols is 1. The minimum absolute atomic E-state index is 0.341. The van der Waals surface area contributed by atoms with Crippen LogP contribution in [0.2, 0.25) is 0 Å². The molecule has 3 heteroatoms. The molecule has 2 nitrogen and oxygen atoms in total. The number of aryl methyl sites for hydroxylation is 2. The van der Waals surface area contributed by atoms with Gasteiger partial charge in [-0.3, -0.25) is 0 Å². The minimum Gasteiger partial charge on any atom is -0.508 e. The fraction of sp³-hybridized carbons (Fsp3) is 0.231. The van der Waals surface area contributed by atoms with Gasteiger partial charge in [-0.1, -0.05) is 6.07 Å². The molecule has 0 aliphatic rings. The maximum atomic E-state index is 9.57. The number of nitrogens with one attached hydrogen (secondary N) is 1. The van der Waals surface area contributed by atoms with Crippen LogP contribution in [-0.2, 0) is 6.54 Å². The van der Waals surface area contributed by atoms with Crippen LogP contribution in [0.1, 0.15) is 16.0 Å². The average Bonchev–Trinajstić information content (AvgIpc) is 2.66. The molecule has 0 saturated heterocycles. The van der Waals surface area contributed by atoms with Crippen molar-refractivity contribution in [1.29, 1.82) is 0 Å². The molecule has 2 aromatic rings. The Morgan fingerprint density at radius 3 is 2.62 bits per heavy atom. The van der Waals surface area contributed by atoms with Crippen molar-refractivity contribution in [3.05, 3.63) is 45.6 Å². The molecule has 84 valence electrons. The first-order valence-electron chi connectivity index (χ1n) is 5.23. The number of hydrogen-bond donors (Lipinski definition) is 2. The Balaban J connectivity index is 2.05. The van der Waals surface area contributed by atoms with Crippen LogP contribution in [0.15, 0.2) is 29.6 Å². The zero-order valence-corrected chi connectivity index (χ0v) is 10.3. The largest absolute Gasteiger partial charge is 0.508 e. The average molecular weight is 233 g/mol. The molecule has 0 fully saturated rings. The first-order chi connectivity index (χ1) is 7.66. The summed E-state index contributed by atoms with van der Waals surface area (Å²) in [6.07, 6.45) is 0. The number of hydrogen-bond acceptors (Lipinski definition) is 3. The lowest BCUT2D eigenvalue weighted by molar-refractivity contribution is 0.471. The molecule has 1 aromatic carbocycles. The molecule has 1 aromatic heterocycles. The lowest BCUT2D eigenvalue weighted by atomic mass is 10.2. The monoisotopic (exact) mass is 233 g/mol. The molecular formula is C13H15NOS. The van der Waals surface area contributed by atoms with Gasteiger partial charge in [0.25, 0.3) is 0 Å². The highest BCUT2D eigenvalue weighted by atomic mass is 32.1. The molecule has 0 spiro atoms. The van der Waals surface area contributed by atoms with Gasteiger partial charge in [0.1, 0.15) is 5.75 Å². The van der Waals surface area contributed by atoms with Gasteiger partial charge in [-0.05, 0) is 42.5 Å². The number of benzene rings is 1. The zero-order valence-electron chi connectivity index (χ0n) is 9.45. The van der Waals surface area contributed by atoms with Gasteiger partial charge in [0.2, 0.25) is 0 Å². The predicted molar refractivity (Wildman–Crippen MR) is 69.2 cm³/mol. The third kappa shape index (κ3) is 2.36. The van der Waals surface area contributed by atoms with Crippen LogP contribution < -0.4 is 5.32 Å². The summed E-state index contributed by atoms with van der Waals surface area (Å²) < 4.78 is 0. The van der Waals surface area contributed by atoms with Crippen LogP contribution in [-0.4, -0.2) is 5.11 Å². The van der Waals surface area contributed by atoms with Crippen LogP contribution in [0.4, 0.5) is 5.69 Å². The Morgan fingerprint density at radius 1 is 1.19 bits per heavy atom. The molecule has 16 heavy (non-hydrogen) atoms. The quantitative estimate of drug-likeness (QED) is 0.847. The second kappa shape index (κ2) is 4.58. The van der Waals surface area contributed by atoms with Gasteiger partial charge >= 0.3 is 0 Å². The lowest BCUT2D eigenvalue weighted by Gasteiger charge is -2.07. The number of aromatic hydroxyl groups is 1. The standard InChI is InChI=1S/C13H15NOS/c1-9-3-4-11(7-12(9)15)14-8-13-10(2)5-6-16-13/h3-7,14-15H,8H2,1-2H3. The summed E-state index contributed by atoms with van der Waals surface area (Å²) in [5, 5.41) is 15.0. The fourth-order valence-corrected chi connectivity index (χ4v) is 2.33. The van der Waals surface area contributed by atoms with Crippen molar-refractivity contribution in [1.82, 2.24) is 0 Å². The van der Waals surface area contributed by atoms with Crippen LogP contribution in [0.5, 0.6) is 5.75 Å². The third-order valence-electron chi connectivity index (χ3n) is 2.63. The van der Waals surface area contributed by atoms with Crippen LogP contribution >= 0.6 is 11.3 Å². The van der Waals surface area contributed by atoms with Crippen LogP contribution in [0, 0.1) is 13.8 Å². The Morgan fingerprint density at radius 2 is 2.00 bits per heavy atom. The van der Waals surface area contributed by atoms with Gasteiger partial charge in [-0.15, -0.1) is 11.3 Å². The highest BCUT2D eigenvalue weighted by Crippen LogP contribution is 2.22. The molecule has 0 unspecified atom stereocenters. The maximum Gasteiger partial charge on any atom is 0.120 e. The number of rotatable bonds is 3. The predicted octanol–water partition coefficient (Wildman–Crippen LogP) is 3.68. The highest BCUT2D eigenvalue weighted by molar-refractivity contribution is 7.10. The topological polar surface area (TPSA) is 32.3 Å². The molecular weight excluding hydrogens is 218 g/mol. The van der Waals surface area contributed by atoms with E-state index in [-0.39, 0.29) is 0 Å². The van der Waals surface area contributed by atoms with E-state index in [2.05, 4.69) is 23.7 Å². The van der Waals surface area contributed by atoms with E-state index < -0.39 is 0 Å². The van der Waals surface area contributed by atoms with Gasteiger partial charge < -0.3 is 10.4 Å². The summed E-state index contributed by atoms with van der Waals surface area (Å²) in [5.41, 5.74) is 3.17. The van der Waals surface area contributed by atoms with Crippen molar-refractivity contribution in [2.45, 2.75) is 20.4 Å². The normalized spacial score (nSPS) is 10.4. The van der Waals surface area contributed by atoms with E-state index in [1.807, 2.05) is 19.1 Å². The smallest absolute Gasteiger partial charge is 0.120 e. The molecule has 0 aliphatic carbocycles. The summed E-state index contributed by atoms with van der Waals surface area (Å²) in [5.74, 6) is 0.341. The van der Waals surface area contributed by atoms with Gasteiger partial charge in [0.15, 0.2) is 0 Å². The van der Waals surface area contributed by atoms with E-state index >= 15 is 0 Å². The van der Waals surface area contributed by atoms with Gasteiger partial charge in [-0.25, -0.2) is 0 Å². The Labute approximate surface area is 99.6 Å². The fourth-order valence-electron chi connectivity index (χ4n) is 1.49. The molecule has 0 radical (unpaired) electrons. The molecule has 0 atom stereocenters. The first kappa shape index (κ1) is 11.0. The maximum absolute atomic E-state index is 9.57. The summed E-state index contributed by atoms with van der Waals surface area (Å²) in [6.45, 7) is 4.81. The zero-order chi connectivity index (χ0) is 11.5. The van der Waals surface area contributed by atoms with Crippen molar-refractivity contribution in [3.63, 3.8) is 0 Å². The molecule has 2 rings (SSSR count). The Hall–Kier alpha value is -1.48. The van der Waals surface area contributed by atoms with Crippen LogP contribution in [0.3, 0.4) is 0 Å². The van der Waals surface area contributed by atoms with E-state index in [9.17, 15) is 5.11 Å². The Kier molecular flexibility index (Phi) is 3.15. The molecule has 0 aliphatic heterocycles. The summed E-state index contributed by atoms with van der Waals surface area (Å²) in [7, 11) is 0. The molecule has 2 N–H and O–H groups in total. The molecule has 0 amide bonds. The van der Waals surface area contributed by atoms with Crippen molar-refractivity contribution >= 4 is 17.0 Å². The van der Waals surface area contributed by atoms with E-state index in [4.69, 9.17) is 0 Å². The second-order valence-corrected chi connectivity index (χ2v) is 4.88. The number of anilines is 1. The third-order valence-corrected chi connectivity index (χ3v) is 3.65. The van der Waals surface area contributed by atoms with E-state index in [0.29, 0.717) is 5.75 Å². The van der Waals surface area contributed by atoms with Gasteiger partial charge in [0, 0.05) is 23.2 Å². The SMILES string of the molecule is Cc1ccc(NCc2sccc2C)cc1O. The first-order valence-corrected chi connectivity index (χ1v) is 6.11. The van der Waals surface area contributed by atoms with Gasteiger partial charge in [-0.2, -0.15) is 0 Å². The second-order valence-electron chi connectivity index (χ2n) is 3.88. The molecule has 0 saturated carbocycles. The summed E-state index contributed by atoms with van der Waals surface area (Å²) in [4.78, 5) is 1.33. The summed E-state index contributed by atoms with van der Waals surface area (Å²) >= 11 is 1.75. The van der Waals surface area contributed by atoms with Gasteiger partial charge in [0.05, 0.1) is 0 Å². The molecule has 0 bridgehead atoms. The highest BCUT2D eigenvalue weighted by Gasteiger charge is 2.01. The number of thiophene rings is 1. The van der Waals surface area contributed by atoms with Crippen molar-refractivity contribution < 1.29 is 5.11 Å². The number of phenolic OH excluding ortho intramolecular Hbond substituents is 1. The van der Waals surface area contributed by atoms with Crippen molar-refractivity contribution in [2.75, 3.05) is 5.32 Å². The lowest BCUT2D eigenvalue weighted by Crippen LogP contribution is -1.98. The Bertz CT molecular complexity index is 490. The van der Waals surface area contributed by atoms with Crippen molar-refractivity contribution in [3.8, 4) is 5.75 Å². The summed E-state index contributed by atoms with van der Waals surface area (Å²) in [6, 6.07) is 7.78. The molecule has 1 heterocycles. The van der Waals surface area contributed by atoms with Crippen molar-refractivity contribution in [2.24, 2.45) is 0 Å². The van der Waals surface area contributed by atoms with Crippen LogP contribution in [0.25, 0.3) is 0 Å².